The van der Waals surface area contributed by atoms with Gasteiger partial charge in [0.05, 0.1) is 5.69 Å². The topological polar surface area (TPSA) is 22.2 Å². The highest BCUT2D eigenvalue weighted by molar-refractivity contribution is 5.88. The lowest BCUT2D eigenvalue weighted by molar-refractivity contribution is 0.651. The first-order valence-electron chi connectivity index (χ1n) is 9.91. The van der Waals surface area contributed by atoms with Crippen molar-refractivity contribution >= 4 is 22.6 Å². The second kappa shape index (κ2) is 6.12. The third-order valence-electron chi connectivity index (χ3n) is 5.88. The Labute approximate surface area is 160 Å². The lowest BCUT2D eigenvalue weighted by atomic mass is 10.1. The number of fused-ring (bicyclic) bond motifs is 2. The molecule has 1 fully saturated rings. The van der Waals surface area contributed by atoms with Gasteiger partial charge in [-0.05, 0) is 67.5 Å². The first kappa shape index (κ1) is 16.4. The zero-order chi connectivity index (χ0) is 18.5. The fourth-order valence-corrected chi connectivity index (χ4v) is 4.02. The highest BCUT2D eigenvalue weighted by atomic mass is 15.1. The Balaban J connectivity index is 1.75. The molecule has 0 aliphatic heterocycles. The van der Waals surface area contributed by atoms with Crippen LogP contribution in [0.4, 0.5) is 0 Å². The van der Waals surface area contributed by atoms with Gasteiger partial charge >= 0.3 is 0 Å². The van der Waals surface area contributed by atoms with E-state index in [1.54, 1.807) is 0 Å². The number of hydrogen-bond acceptors (Lipinski definition) is 1. The van der Waals surface area contributed by atoms with Crippen LogP contribution in [0.5, 0.6) is 0 Å². The fourth-order valence-electron chi connectivity index (χ4n) is 4.02. The standard InChI is InChI=1S/C24H25N3/c1-4-17-8-9-20-14-22(27(21(20)12-17)15-19-6-7-19)24-16(3)26-11-10-18(5-2)13-23(26)25-24/h5,8-14,19H,2,4,6-7,15H2,1,3H3. The number of aromatic nitrogens is 3. The van der Waals surface area contributed by atoms with Crippen LogP contribution in [-0.2, 0) is 13.0 Å². The van der Waals surface area contributed by atoms with Crippen LogP contribution >= 0.6 is 0 Å². The molecule has 0 atom stereocenters. The van der Waals surface area contributed by atoms with E-state index in [0.29, 0.717) is 0 Å². The summed E-state index contributed by atoms with van der Waals surface area (Å²) >= 11 is 0. The van der Waals surface area contributed by atoms with E-state index in [1.807, 2.05) is 6.08 Å². The maximum atomic E-state index is 5.01. The van der Waals surface area contributed by atoms with Gasteiger partial charge in [-0.2, -0.15) is 0 Å². The van der Waals surface area contributed by atoms with Gasteiger partial charge < -0.3 is 8.97 Å². The Morgan fingerprint density at radius 1 is 1.19 bits per heavy atom. The maximum absolute atomic E-state index is 5.01. The second-order valence-electron chi connectivity index (χ2n) is 7.77. The molecule has 27 heavy (non-hydrogen) atoms. The molecule has 1 aliphatic rings. The largest absolute Gasteiger partial charge is 0.339 e. The number of benzene rings is 1. The van der Waals surface area contributed by atoms with Crippen LogP contribution < -0.4 is 0 Å². The van der Waals surface area contributed by atoms with Gasteiger partial charge in [0.25, 0.3) is 0 Å². The van der Waals surface area contributed by atoms with Gasteiger partial charge in [0.2, 0.25) is 0 Å². The average molecular weight is 355 g/mol. The molecule has 0 spiro atoms. The zero-order valence-electron chi connectivity index (χ0n) is 16.1. The van der Waals surface area contributed by atoms with Crippen molar-refractivity contribution in [2.75, 3.05) is 0 Å². The van der Waals surface area contributed by atoms with Gasteiger partial charge in [-0.15, -0.1) is 0 Å². The van der Waals surface area contributed by atoms with Gasteiger partial charge in [0.1, 0.15) is 11.3 Å². The SMILES string of the molecule is C=Cc1ccn2c(C)c(-c3cc4ccc(CC)cc4n3CC3CC3)nc2c1. The number of pyridine rings is 1. The molecule has 0 amide bonds. The highest BCUT2D eigenvalue weighted by Crippen LogP contribution is 2.37. The van der Waals surface area contributed by atoms with Crippen LogP contribution in [0.3, 0.4) is 0 Å². The van der Waals surface area contributed by atoms with Crippen molar-refractivity contribution in [3.05, 3.63) is 66.0 Å². The van der Waals surface area contributed by atoms with E-state index in [1.165, 1.54) is 40.7 Å². The van der Waals surface area contributed by atoms with E-state index < -0.39 is 0 Å². The molecule has 3 heteroatoms. The van der Waals surface area contributed by atoms with Gasteiger partial charge in [0, 0.05) is 29.3 Å². The van der Waals surface area contributed by atoms with Crippen LogP contribution in [0.1, 0.15) is 36.6 Å². The van der Waals surface area contributed by atoms with Crippen LogP contribution in [-0.4, -0.2) is 14.0 Å². The number of rotatable bonds is 5. The summed E-state index contributed by atoms with van der Waals surface area (Å²) in [5.74, 6) is 0.814. The average Bonchev–Trinajstić information content (AvgIpc) is 3.37. The molecule has 3 heterocycles. The van der Waals surface area contributed by atoms with Crippen molar-refractivity contribution < 1.29 is 0 Å². The van der Waals surface area contributed by atoms with Crippen LogP contribution in [0.25, 0.3) is 34.0 Å². The zero-order valence-corrected chi connectivity index (χ0v) is 16.1. The predicted molar refractivity (Wildman–Crippen MR) is 113 cm³/mol. The summed E-state index contributed by atoms with van der Waals surface area (Å²) in [6.07, 6.45) is 7.73. The van der Waals surface area contributed by atoms with E-state index in [9.17, 15) is 0 Å². The van der Waals surface area contributed by atoms with Crippen molar-refractivity contribution in [2.45, 2.75) is 39.7 Å². The molecule has 1 aliphatic carbocycles. The Kier molecular flexibility index (Phi) is 3.71. The van der Waals surface area contributed by atoms with Gasteiger partial charge in [-0.25, -0.2) is 4.98 Å². The van der Waals surface area contributed by atoms with Crippen LogP contribution in [0, 0.1) is 12.8 Å². The summed E-state index contributed by atoms with van der Waals surface area (Å²) in [7, 11) is 0. The summed E-state index contributed by atoms with van der Waals surface area (Å²) in [5.41, 5.74) is 8.35. The van der Waals surface area contributed by atoms with Crippen LogP contribution in [0.2, 0.25) is 0 Å². The normalized spacial score (nSPS) is 14.3. The van der Waals surface area contributed by atoms with Crippen molar-refractivity contribution in [1.29, 1.82) is 0 Å². The van der Waals surface area contributed by atoms with Crippen molar-refractivity contribution in [1.82, 2.24) is 14.0 Å². The van der Waals surface area contributed by atoms with Gasteiger partial charge in [0.15, 0.2) is 0 Å². The van der Waals surface area contributed by atoms with Gasteiger partial charge in [-0.3, -0.25) is 0 Å². The molecule has 0 bridgehead atoms. The molecule has 0 saturated heterocycles. The number of aryl methyl sites for hydroxylation is 2. The summed E-state index contributed by atoms with van der Waals surface area (Å²) in [6, 6.07) is 13.4. The van der Waals surface area contributed by atoms with E-state index in [-0.39, 0.29) is 0 Å². The quantitative estimate of drug-likeness (QED) is 0.438. The Hall–Kier alpha value is -2.81. The second-order valence-corrected chi connectivity index (χ2v) is 7.77. The van der Waals surface area contributed by atoms with Crippen molar-refractivity contribution in [2.24, 2.45) is 5.92 Å². The third-order valence-corrected chi connectivity index (χ3v) is 5.88. The van der Waals surface area contributed by atoms with E-state index >= 15 is 0 Å². The summed E-state index contributed by atoms with van der Waals surface area (Å²) in [6.45, 7) is 9.37. The summed E-state index contributed by atoms with van der Waals surface area (Å²) in [4.78, 5) is 5.01. The van der Waals surface area contributed by atoms with E-state index in [2.05, 4.69) is 72.0 Å². The highest BCUT2D eigenvalue weighted by Gasteiger charge is 2.25. The molecule has 3 aromatic heterocycles. The van der Waals surface area contributed by atoms with Gasteiger partial charge in [-0.1, -0.05) is 31.7 Å². The minimum Gasteiger partial charge on any atom is -0.339 e. The lowest BCUT2D eigenvalue weighted by Gasteiger charge is -2.10. The monoisotopic (exact) mass is 355 g/mol. The Morgan fingerprint density at radius 3 is 2.78 bits per heavy atom. The first-order valence-corrected chi connectivity index (χ1v) is 9.91. The molecule has 1 aromatic carbocycles. The van der Waals surface area contributed by atoms with Crippen molar-refractivity contribution in [3.63, 3.8) is 0 Å². The molecule has 5 rings (SSSR count). The maximum Gasteiger partial charge on any atom is 0.138 e. The molecule has 0 unspecified atom stereocenters. The van der Waals surface area contributed by atoms with Crippen molar-refractivity contribution in [3.8, 4) is 11.4 Å². The van der Waals surface area contributed by atoms with Crippen LogP contribution in [0.15, 0.2) is 49.2 Å². The predicted octanol–water partition coefficient (Wildman–Crippen LogP) is 5.88. The number of hydrogen-bond donors (Lipinski definition) is 0. The van der Waals surface area contributed by atoms with E-state index in [0.717, 1.165) is 35.8 Å². The molecule has 0 radical (unpaired) electrons. The Bertz CT molecular complexity index is 1170. The summed E-state index contributed by atoms with van der Waals surface area (Å²) in [5, 5.41) is 1.31. The Morgan fingerprint density at radius 2 is 2.04 bits per heavy atom. The molecular formula is C24H25N3. The molecule has 3 nitrogen and oxygen atoms in total. The minimum absolute atomic E-state index is 0.814. The first-order chi connectivity index (χ1) is 13.2. The van der Waals surface area contributed by atoms with E-state index in [4.69, 9.17) is 4.98 Å². The number of imidazole rings is 1. The smallest absolute Gasteiger partial charge is 0.138 e. The summed E-state index contributed by atoms with van der Waals surface area (Å²) < 4.78 is 4.69. The molecule has 0 N–H and O–H groups in total. The molecule has 136 valence electrons. The molecule has 4 aromatic rings. The minimum atomic E-state index is 0.814. The fraction of sp³-hybridized carbons (Fsp3) is 0.292. The number of nitrogens with zero attached hydrogens (tertiary/aromatic N) is 3. The lowest BCUT2D eigenvalue weighted by Crippen LogP contribution is -2.03. The molecular weight excluding hydrogens is 330 g/mol. The molecule has 1 saturated carbocycles. The third kappa shape index (κ3) is 2.69.